The van der Waals surface area contributed by atoms with E-state index in [0.29, 0.717) is 5.56 Å². The lowest BCUT2D eigenvalue weighted by molar-refractivity contribution is 0.0733. The molecule has 2 N–H and O–H groups in total. The minimum Gasteiger partial charge on any atom is -0.336 e. The molecule has 1 aliphatic heterocycles. The number of primary sulfonamides is 1. The number of hydrogen-bond donors (Lipinski definition) is 1. The number of hydrogen-bond acceptors (Lipinski definition) is 3. The number of benzene rings is 1. The number of carbonyl (C=O) groups excluding carboxylic acids is 1. The SMILES string of the molecule is CCC1CCCN1C(=O)c1cccc(S(N)(=O)=O)c1. The summed E-state index contributed by atoms with van der Waals surface area (Å²) in [5.74, 6) is -0.116. The van der Waals surface area contributed by atoms with Gasteiger partial charge in [0.15, 0.2) is 0 Å². The molecular formula is C13H18N2O3S. The van der Waals surface area contributed by atoms with Crippen molar-refractivity contribution in [3.63, 3.8) is 0 Å². The second-order valence-corrected chi connectivity index (χ2v) is 6.34. The molecule has 104 valence electrons. The normalized spacial score (nSPS) is 19.7. The Morgan fingerprint density at radius 3 is 2.84 bits per heavy atom. The molecule has 0 saturated carbocycles. The fourth-order valence-electron chi connectivity index (χ4n) is 2.50. The van der Waals surface area contributed by atoms with Gasteiger partial charge in [-0.15, -0.1) is 0 Å². The van der Waals surface area contributed by atoms with Gasteiger partial charge in [-0.05, 0) is 37.5 Å². The van der Waals surface area contributed by atoms with Crippen molar-refractivity contribution >= 4 is 15.9 Å². The smallest absolute Gasteiger partial charge is 0.254 e. The molecule has 6 heteroatoms. The fourth-order valence-corrected chi connectivity index (χ4v) is 3.06. The van der Waals surface area contributed by atoms with Crippen molar-refractivity contribution in [2.45, 2.75) is 37.1 Å². The van der Waals surface area contributed by atoms with Gasteiger partial charge < -0.3 is 4.90 Å². The van der Waals surface area contributed by atoms with Gasteiger partial charge in [0, 0.05) is 18.2 Å². The largest absolute Gasteiger partial charge is 0.336 e. The molecule has 1 aromatic rings. The molecular weight excluding hydrogens is 264 g/mol. The van der Waals surface area contributed by atoms with Gasteiger partial charge in [-0.2, -0.15) is 0 Å². The van der Waals surface area contributed by atoms with Crippen molar-refractivity contribution in [1.29, 1.82) is 0 Å². The van der Waals surface area contributed by atoms with Crippen molar-refractivity contribution in [1.82, 2.24) is 4.90 Å². The van der Waals surface area contributed by atoms with E-state index >= 15 is 0 Å². The molecule has 5 nitrogen and oxygen atoms in total. The van der Waals surface area contributed by atoms with Gasteiger partial charge in [0.1, 0.15) is 0 Å². The maximum absolute atomic E-state index is 12.4. The zero-order chi connectivity index (χ0) is 14.0. The van der Waals surface area contributed by atoms with Crippen LogP contribution >= 0.6 is 0 Å². The summed E-state index contributed by atoms with van der Waals surface area (Å²) < 4.78 is 22.6. The summed E-state index contributed by atoms with van der Waals surface area (Å²) in [6, 6.07) is 6.17. The van der Waals surface area contributed by atoms with Crippen LogP contribution in [0.5, 0.6) is 0 Å². The molecule has 1 fully saturated rings. The van der Waals surface area contributed by atoms with Gasteiger partial charge in [0.2, 0.25) is 10.0 Å². The molecule has 1 atom stereocenters. The summed E-state index contributed by atoms with van der Waals surface area (Å²) in [5.41, 5.74) is 0.381. The van der Waals surface area contributed by atoms with Crippen molar-refractivity contribution in [2.75, 3.05) is 6.54 Å². The minimum absolute atomic E-state index is 0.0226. The van der Waals surface area contributed by atoms with E-state index < -0.39 is 10.0 Å². The molecule has 0 aromatic heterocycles. The standard InChI is InChI=1S/C13H18N2O3S/c1-2-11-6-4-8-15(11)13(16)10-5-3-7-12(9-10)19(14,17)18/h3,5,7,9,11H,2,4,6,8H2,1H3,(H2,14,17,18). The summed E-state index contributed by atoms with van der Waals surface area (Å²) in [5, 5.41) is 5.08. The third-order valence-electron chi connectivity index (χ3n) is 3.52. The molecule has 1 heterocycles. The molecule has 1 saturated heterocycles. The number of nitrogens with zero attached hydrogens (tertiary/aromatic N) is 1. The van der Waals surface area contributed by atoms with E-state index in [9.17, 15) is 13.2 Å². The highest BCUT2D eigenvalue weighted by molar-refractivity contribution is 7.89. The van der Waals surface area contributed by atoms with Crippen LogP contribution in [0, 0.1) is 0 Å². The van der Waals surface area contributed by atoms with E-state index in [4.69, 9.17) is 5.14 Å². The lowest BCUT2D eigenvalue weighted by atomic mass is 10.1. The second kappa shape index (κ2) is 5.30. The first-order valence-electron chi connectivity index (χ1n) is 6.37. The van der Waals surface area contributed by atoms with Crippen LogP contribution in [0.2, 0.25) is 0 Å². The number of amides is 1. The first kappa shape index (κ1) is 14.0. The van der Waals surface area contributed by atoms with Gasteiger partial charge in [0.05, 0.1) is 4.90 Å². The Hall–Kier alpha value is -1.40. The molecule has 19 heavy (non-hydrogen) atoms. The number of nitrogens with two attached hydrogens (primary N) is 1. The Kier molecular flexibility index (Phi) is 3.91. The molecule has 1 aromatic carbocycles. The predicted octanol–water partition coefficient (Wildman–Crippen LogP) is 1.35. The van der Waals surface area contributed by atoms with Crippen LogP contribution in [-0.2, 0) is 10.0 Å². The first-order valence-corrected chi connectivity index (χ1v) is 7.92. The summed E-state index contributed by atoms with van der Waals surface area (Å²) in [4.78, 5) is 14.2. The third kappa shape index (κ3) is 2.96. The second-order valence-electron chi connectivity index (χ2n) is 4.78. The van der Waals surface area contributed by atoms with E-state index in [0.717, 1.165) is 25.8 Å². The fraction of sp³-hybridized carbons (Fsp3) is 0.462. The zero-order valence-corrected chi connectivity index (χ0v) is 11.7. The Labute approximate surface area is 113 Å². The highest BCUT2D eigenvalue weighted by atomic mass is 32.2. The molecule has 0 spiro atoms. The quantitative estimate of drug-likeness (QED) is 0.908. The van der Waals surface area contributed by atoms with Crippen LogP contribution in [0.3, 0.4) is 0 Å². The minimum atomic E-state index is -3.77. The van der Waals surface area contributed by atoms with Gasteiger partial charge in [-0.25, -0.2) is 13.6 Å². The van der Waals surface area contributed by atoms with E-state index in [1.165, 1.54) is 12.1 Å². The van der Waals surface area contributed by atoms with E-state index in [-0.39, 0.29) is 16.8 Å². The molecule has 0 radical (unpaired) electrons. The van der Waals surface area contributed by atoms with Gasteiger partial charge >= 0.3 is 0 Å². The predicted molar refractivity (Wildman–Crippen MR) is 72.2 cm³/mol. The summed E-state index contributed by atoms with van der Waals surface area (Å²) in [6.07, 6.45) is 2.93. The Morgan fingerprint density at radius 2 is 2.21 bits per heavy atom. The van der Waals surface area contributed by atoms with E-state index in [2.05, 4.69) is 6.92 Å². The number of sulfonamides is 1. The number of likely N-dealkylation sites (tertiary alicyclic amines) is 1. The molecule has 0 aliphatic carbocycles. The summed E-state index contributed by atoms with van der Waals surface area (Å²) in [6.45, 7) is 2.79. The number of carbonyl (C=O) groups is 1. The van der Waals surface area contributed by atoms with Crippen LogP contribution < -0.4 is 5.14 Å². The highest BCUT2D eigenvalue weighted by Gasteiger charge is 2.28. The average molecular weight is 282 g/mol. The van der Waals surface area contributed by atoms with Gasteiger partial charge in [-0.3, -0.25) is 4.79 Å². The summed E-state index contributed by atoms with van der Waals surface area (Å²) >= 11 is 0. The molecule has 2 rings (SSSR count). The average Bonchev–Trinajstić information content (AvgIpc) is 2.85. The molecule has 1 aliphatic rings. The van der Waals surface area contributed by atoms with Crippen molar-refractivity contribution in [3.05, 3.63) is 29.8 Å². The maximum atomic E-state index is 12.4. The Morgan fingerprint density at radius 1 is 1.47 bits per heavy atom. The highest BCUT2D eigenvalue weighted by Crippen LogP contribution is 2.23. The molecule has 1 unspecified atom stereocenters. The monoisotopic (exact) mass is 282 g/mol. The Balaban J connectivity index is 2.29. The zero-order valence-electron chi connectivity index (χ0n) is 10.9. The van der Waals surface area contributed by atoms with Crippen LogP contribution in [0.1, 0.15) is 36.5 Å². The Bertz CT molecular complexity index is 583. The van der Waals surface area contributed by atoms with Crippen LogP contribution in [0.25, 0.3) is 0 Å². The van der Waals surface area contributed by atoms with Crippen LogP contribution in [0.15, 0.2) is 29.2 Å². The summed E-state index contributed by atoms with van der Waals surface area (Å²) in [7, 11) is -3.77. The van der Waals surface area contributed by atoms with E-state index in [1.54, 1.807) is 12.1 Å². The molecule has 1 amide bonds. The lowest BCUT2D eigenvalue weighted by Gasteiger charge is -2.23. The van der Waals surface area contributed by atoms with Crippen molar-refractivity contribution < 1.29 is 13.2 Å². The van der Waals surface area contributed by atoms with Gasteiger partial charge in [0.25, 0.3) is 5.91 Å². The maximum Gasteiger partial charge on any atom is 0.254 e. The first-order chi connectivity index (χ1) is 8.93. The lowest BCUT2D eigenvalue weighted by Crippen LogP contribution is -2.35. The van der Waals surface area contributed by atoms with Crippen LogP contribution in [-0.4, -0.2) is 31.8 Å². The molecule has 0 bridgehead atoms. The van der Waals surface area contributed by atoms with Crippen molar-refractivity contribution in [3.8, 4) is 0 Å². The van der Waals surface area contributed by atoms with Crippen LogP contribution in [0.4, 0.5) is 0 Å². The van der Waals surface area contributed by atoms with Crippen molar-refractivity contribution in [2.24, 2.45) is 5.14 Å². The van der Waals surface area contributed by atoms with Gasteiger partial charge in [-0.1, -0.05) is 13.0 Å². The topological polar surface area (TPSA) is 80.5 Å². The van der Waals surface area contributed by atoms with E-state index in [1.807, 2.05) is 4.90 Å². The third-order valence-corrected chi connectivity index (χ3v) is 4.43. The number of rotatable bonds is 3.